The van der Waals surface area contributed by atoms with E-state index in [1.54, 1.807) is 43.3 Å². The fraction of sp³-hybridized carbons (Fsp3) is 0.100. The summed E-state index contributed by atoms with van der Waals surface area (Å²) >= 11 is 0. The number of hydrogen-bond donors (Lipinski definition) is 1. The van der Waals surface area contributed by atoms with E-state index in [-0.39, 0.29) is 22.9 Å². The highest BCUT2D eigenvalue weighted by Gasteiger charge is 2.17. The lowest BCUT2D eigenvalue weighted by atomic mass is 10.1. The predicted molar refractivity (Wildman–Crippen MR) is 111 cm³/mol. The van der Waals surface area contributed by atoms with E-state index < -0.39 is 20.9 Å². The van der Waals surface area contributed by atoms with Crippen LogP contribution in [0.3, 0.4) is 0 Å². The number of non-ortho nitro benzene ring substituents is 1. The average molecular weight is 443 g/mol. The monoisotopic (exact) mass is 443 g/mol. The summed E-state index contributed by atoms with van der Waals surface area (Å²) in [6.45, 7) is 2.01. The van der Waals surface area contributed by atoms with Gasteiger partial charge in [-0.25, -0.2) is 4.79 Å². The molecule has 0 aliphatic rings. The Bertz CT molecular complexity index is 1230. The van der Waals surface area contributed by atoms with Crippen molar-refractivity contribution in [2.75, 3.05) is 6.61 Å². The number of carbonyl (C=O) groups is 1. The van der Waals surface area contributed by atoms with Crippen molar-refractivity contribution in [3.8, 4) is 11.3 Å². The Hall–Kier alpha value is -3.99. The van der Waals surface area contributed by atoms with Gasteiger partial charge in [0.05, 0.1) is 28.2 Å². The number of nitrogens with one attached hydrogen (secondary N) is 1. The minimum absolute atomic E-state index is 0.270. The molecule has 1 heterocycles. The number of ether oxygens (including phenoxy) is 1. The molecule has 0 spiro atoms. The van der Waals surface area contributed by atoms with Gasteiger partial charge in [0, 0.05) is 17.7 Å². The summed E-state index contributed by atoms with van der Waals surface area (Å²) in [6.07, 6.45) is 1.16. The molecule has 0 radical (unpaired) electrons. The largest absolute Gasteiger partial charge is 0.462 e. The smallest absolute Gasteiger partial charge is 0.338 e. The van der Waals surface area contributed by atoms with Gasteiger partial charge in [0.2, 0.25) is 0 Å². The maximum atomic E-state index is 12.2. The molecule has 3 aromatic rings. The lowest BCUT2D eigenvalue weighted by Gasteiger charge is -2.03. The predicted octanol–water partition coefficient (Wildman–Crippen LogP) is 3.34. The van der Waals surface area contributed by atoms with Gasteiger partial charge in [-0.3, -0.25) is 10.1 Å². The summed E-state index contributed by atoms with van der Waals surface area (Å²) in [7, 11) is -4.09. The van der Waals surface area contributed by atoms with Crippen LogP contribution >= 0.6 is 0 Å². The third-order valence-corrected chi connectivity index (χ3v) is 5.23. The Kier molecular flexibility index (Phi) is 6.46. The molecule has 1 aromatic heterocycles. The molecule has 0 saturated carbocycles. The summed E-state index contributed by atoms with van der Waals surface area (Å²) in [5.41, 5.74) is 0.760. The van der Waals surface area contributed by atoms with E-state index in [0.717, 1.165) is 12.3 Å². The van der Waals surface area contributed by atoms with Gasteiger partial charge in [0.25, 0.3) is 15.7 Å². The second-order valence-electron chi connectivity index (χ2n) is 6.11. The average Bonchev–Trinajstić information content (AvgIpc) is 3.23. The summed E-state index contributed by atoms with van der Waals surface area (Å²) < 4.78 is 35.0. The molecule has 0 aliphatic heterocycles. The van der Waals surface area contributed by atoms with Gasteiger partial charge in [-0.1, -0.05) is 18.2 Å². The van der Waals surface area contributed by atoms with Gasteiger partial charge in [-0.15, -0.1) is 0 Å². The van der Waals surface area contributed by atoms with Crippen LogP contribution in [0.1, 0.15) is 23.0 Å². The molecule has 160 valence electrons. The van der Waals surface area contributed by atoms with E-state index in [4.69, 9.17) is 9.15 Å². The van der Waals surface area contributed by atoms with Crippen LogP contribution in [0, 0.1) is 10.1 Å². The van der Waals surface area contributed by atoms with Gasteiger partial charge in [0.1, 0.15) is 11.5 Å². The van der Waals surface area contributed by atoms with Gasteiger partial charge >= 0.3 is 5.97 Å². The van der Waals surface area contributed by atoms with Crippen LogP contribution in [0.15, 0.2) is 75.1 Å². The van der Waals surface area contributed by atoms with Crippen molar-refractivity contribution < 1.29 is 27.3 Å². The number of nitro benzene ring substituents is 1. The Morgan fingerprint density at radius 3 is 2.61 bits per heavy atom. The summed E-state index contributed by atoms with van der Waals surface area (Å²) in [4.78, 5) is 23.5. The number of nitrogens with zero attached hydrogens (tertiary/aromatic N) is 2. The van der Waals surface area contributed by atoms with Crippen molar-refractivity contribution in [2.45, 2.75) is 11.8 Å². The van der Waals surface area contributed by atoms with Crippen molar-refractivity contribution >= 4 is 27.9 Å². The molecule has 0 amide bonds. The van der Waals surface area contributed by atoms with E-state index in [1.165, 1.54) is 18.2 Å². The summed E-state index contributed by atoms with van der Waals surface area (Å²) in [6, 6.07) is 14.4. The second-order valence-corrected chi connectivity index (χ2v) is 7.77. The molecule has 0 bridgehead atoms. The standard InChI is InChI=1S/C20H17N3O7S/c1-2-29-20(24)15-8-6-14(7-9-15)19-11-10-17(30-19)13-21-22-31(27,28)18-5-3-4-16(12-18)23(25)26/h3-13,22H,2H2,1H3/b21-13-. The van der Waals surface area contributed by atoms with Gasteiger partial charge in [-0.2, -0.15) is 18.4 Å². The van der Waals surface area contributed by atoms with E-state index in [1.807, 2.05) is 4.83 Å². The molecule has 0 fully saturated rings. The Morgan fingerprint density at radius 2 is 1.94 bits per heavy atom. The number of sulfonamides is 1. The molecular weight excluding hydrogens is 426 g/mol. The quantitative estimate of drug-likeness (QED) is 0.243. The molecule has 1 N–H and O–H groups in total. The van der Waals surface area contributed by atoms with Crippen molar-refractivity contribution in [1.29, 1.82) is 0 Å². The number of carbonyl (C=O) groups excluding carboxylic acids is 1. The number of benzene rings is 2. The first-order chi connectivity index (χ1) is 14.8. The van der Waals surface area contributed by atoms with E-state index in [9.17, 15) is 23.3 Å². The Labute approximate surface area is 177 Å². The van der Waals surface area contributed by atoms with Crippen molar-refractivity contribution in [1.82, 2.24) is 4.83 Å². The van der Waals surface area contributed by atoms with Crippen molar-refractivity contribution in [3.05, 3.63) is 82.1 Å². The van der Waals surface area contributed by atoms with Crippen LogP contribution in [0.5, 0.6) is 0 Å². The van der Waals surface area contributed by atoms with Crippen LogP contribution in [0.25, 0.3) is 11.3 Å². The van der Waals surface area contributed by atoms with Crippen molar-refractivity contribution in [2.24, 2.45) is 5.10 Å². The maximum absolute atomic E-state index is 12.2. The maximum Gasteiger partial charge on any atom is 0.338 e. The Balaban J connectivity index is 1.69. The number of hydrazone groups is 1. The lowest BCUT2D eigenvalue weighted by Crippen LogP contribution is -2.18. The highest BCUT2D eigenvalue weighted by atomic mass is 32.2. The van der Waals surface area contributed by atoms with Crippen LogP contribution in [0.2, 0.25) is 0 Å². The number of furan rings is 1. The van der Waals surface area contributed by atoms with Crippen LogP contribution < -0.4 is 4.83 Å². The number of esters is 1. The zero-order chi connectivity index (χ0) is 22.4. The molecule has 0 aliphatic carbocycles. The third kappa shape index (κ3) is 5.34. The highest BCUT2D eigenvalue weighted by Crippen LogP contribution is 2.22. The first-order valence-corrected chi connectivity index (χ1v) is 10.4. The Morgan fingerprint density at radius 1 is 1.19 bits per heavy atom. The number of rotatable bonds is 8. The first kappa shape index (κ1) is 21.7. The van der Waals surface area contributed by atoms with Gasteiger partial charge in [-0.05, 0) is 37.3 Å². The minimum Gasteiger partial charge on any atom is -0.462 e. The molecule has 0 saturated heterocycles. The molecule has 0 atom stereocenters. The lowest BCUT2D eigenvalue weighted by molar-refractivity contribution is -0.385. The number of nitro groups is 1. The van der Waals surface area contributed by atoms with Crippen LogP contribution in [0.4, 0.5) is 5.69 Å². The van der Waals surface area contributed by atoms with E-state index in [0.29, 0.717) is 16.9 Å². The summed E-state index contributed by atoms with van der Waals surface area (Å²) in [5.74, 6) is 0.335. The SMILES string of the molecule is CCOC(=O)c1ccc(-c2ccc(/C=N\NS(=O)(=O)c3cccc([N+](=O)[O-])c3)o2)cc1. The fourth-order valence-electron chi connectivity index (χ4n) is 2.54. The first-order valence-electron chi connectivity index (χ1n) is 8.97. The molecule has 31 heavy (non-hydrogen) atoms. The van der Waals surface area contributed by atoms with Crippen LogP contribution in [-0.4, -0.2) is 32.1 Å². The third-order valence-electron chi connectivity index (χ3n) is 4.01. The van der Waals surface area contributed by atoms with E-state index >= 15 is 0 Å². The fourth-order valence-corrected chi connectivity index (χ4v) is 3.37. The van der Waals surface area contributed by atoms with Gasteiger partial charge < -0.3 is 9.15 Å². The topological polar surface area (TPSA) is 141 Å². The zero-order valence-electron chi connectivity index (χ0n) is 16.2. The molecule has 2 aromatic carbocycles. The normalized spacial score (nSPS) is 11.4. The second kappa shape index (κ2) is 9.22. The summed E-state index contributed by atoms with van der Waals surface area (Å²) in [5, 5.41) is 14.4. The minimum atomic E-state index is -4.09. The van der Waals surface area contributed by atoms with Crippen LogP contribution in [-0.2, 0) is 14.8 Å². The highest BCUT2D eigenvalue weighted by molar-refractivity contribution is 7.89. The zero-order valence-corrected chi connectivity index (χ0v) is 17.0. The number of hydrogen-bond acceptors (Lipinski definition) is 8. The molecule has 3 rings (SSSR count). The van der Waals surface area contributed by atoms with Crippen molar-refractivity contribution in [3.63, 3.8) is 0 Å². The van der Waals surface area contributed by atoms with Gasteiger partial charge in [0.15, 0.2) is 0 Å². The molecular formula is C20H17N3O7S. The molecule has 0 unspecified atom stereocenters. The molecule has 11 heteroatoms. The van der Waals surface area contributed by atoms with E-state index in [2.05, 4.69) is 5.10 Å². The molecule has 10 nitrogen and oxygen atoms in total.